The zero-order valence-electron chi connectivity index (χ0n) is 3.66. The first-order valence-corrected chi connectivity index (χ1v) is 2.19. The van der Waals surface area contributed by atoms with Crippen LogP contribution >= 0.6 is 7.82 Å². The van der Waals surface area contributed by atoms with Crippen LogP contribution in [-0.2, 0) is 37.3 Å². The zero-order valence-corrected chi connectivity index (χ0v) is 7.39. The molecule has 0 bridgehead atoms. The molecule has 0 saturated heterocycles. The molecule has 0 amide bonds. The van der Waals surface area contributed by atoms with Crippen LogP contribution in [0.3, 0.4) is 0 Å². The minimum atomic E-state index is -5.39. The molecular formula is H4O6PY. The Morgan fingerprint density at radius 2 is 1.00 bits per heavy atom. The predicted octanol–water partition coefficient (Wildman–Crippen LogP) is -4.48. The molecular weight excluding hydrogens is 216 g/mol. The molecule has 0 rings (SSSR count). The molecule has 4 N–H and O–H groups in total. The monoisotopic (exact) mass is 220 g/mol. The van der Waals surface area contributed by atoms with Crippen LogP contribution in [0, 0.1) is 0 Å². The Balaban J connectivity index is -0.0000000267. The van der Waals surface area contributed by atoms with Gasteiger partial charge in [0.2, 0.25) is 0 Å². The van der Waals surface area contributed by atoms with Gasteiger partial charge >= 0.3 is 32.7 Å². The van der Waals surface area contributed by atoms with Gasteiger partial charge in [0.05, 0.1) is 0 Å². The second kappa shape index (κ2) is 8.13. The molecule has 0 aliphatic rings. The predicted molar refractivity (Wildman–Crippen MR) is 14.8 cm³/mol. The van der Waals surface area contributed by atoms with Crippen molar-refractivity contribution in [3.8, 4) is 0 Å². The Kier molecular flexibility index (Phi) is 23.3. The van der Waals surface area contributed by atoms with Crippen molar-refractivity contribution in [2.75, 3.05) is 0 Å². The molecule has 8 heteroatoms. The van der Waals surface area contributed by atoms with Crippen LogP contribution in [0.15, 0.2) is 0 Å². The Bertz CT molecular complexity index is 54.7. The maximum absolute atomic E-state index is 8.55. The van der Waals surface area contributed by atoms with Crippen LogP contribution in [0.4, 0.5) is 0 Å². The maximum Gasteiger partial charge on any atom is 3.00 e. The molecule has 0 aromatic heterocycles. The van der Waals surface area contributed by atoms with Gasteiger partial charge in [-0.1, -0.05) is 0 Å². The molecule has 0 spiro atoms. The van der Waals surface area contributed by atoms with Crippen molar-refractivity contribution in [3.63, 3.8) is 0 Å². The normalized spacial score (nSPS) is 7.38. The molecule has 0 saturated carbocycles. The van der Waals surface area contributed by atoms with E-state index in [9.17, 15) is 0 Å². The standard InChI is InChI=1S/H3O4P.2H2O.Y/c1-5(2,3)4;;;/h(H3,1,2,3,4);2*1H2;/q;;;+3/p-3. The third-order valence-electron chi connectivity index (χ3n) is 0. The Labute approximate surface area is 70.7 Å². The molecule has 0 unspecified atom stereocenters. The molecule has 0 radical (unpaired) electrons. The fraction of sp³-hybridized carbons (Fsp3) is 0. The van der Waals surface area contributed by atoms with Gasteiger partial charge in [0.1, 0.15) is 0 Å². The van der Waals surface area contributed by atoms with E-state index in [0.29, 0.717) is 0 Å². The van der Waals surface area contributed by atoms with Crippen molar-refractivity contribution in [1.29, 1.82) is 0 Å². The van der Waals surface area contributed by atoms with Crippen molar-refractivity contribution in [3.05, 3.63) is 0 Å². The van der Waals surface area contributed by atoms with Gasteiger partial charge in [-0.25, -0.2) is 0 Å². The molecule has 0 fully saturated rings. The van der Waals surface area contributed by atoms with Gasteiger partial charge in [-0.15, -0.1) is 0 Å². The van der Waals surface area contributed by atoms with E-state index in [0.717, 1.165) is 0 Å². The molecule has 6 nitrogen and oxygen atoms in total. The summed E-state index contributed by atoms with van der Waals surface area (Å²) in [5.74, 6) is 0. The van der Waals surface area contributed by atoms with Gasteiger partial charge in [0, 0.05) is 0 Å². The van der Waals surface area contributed by atoms with Crippen molar-refractivity contribution in [2.24, 2.45) is 0 Å². The van der Waals surface area contributed by atoms with E-state index in [-0.39, 0.29) is 43.7 Å². The molecule has 0 aliphatic carbocycles. The van der Waals surface area contributed by atoms with Crippen molar-refractivity contribution >= 4 is 7.82 Å². The van der Waals surface area contributed by atoms with Crippen LogP contribution in [0.25, 0.3) is 0 Å². The number of hydrogen-bond acceptors (Lipinski definition) is 4. The molecule has 0 heterocycles. The van der Waals surface area contributed by atoms with Crippen LogP contribution in [0.1, 0.15) is 0 Å². The Hall–Kier alpha value is 1.13. The summed E-state index contributed by atoms with van der Waals surface area (Å²) in [7, 11) is -5.39. The third kappa shape index (κ3) is 209. The van der Waals surface area contributed by atoms with Crippen LogP contribution in [0.2, 0.25) is 0 Å². The minimum absolute atomic E-state index is 0. The van der Waals surface area contributed by atoms with Crippen LogP contribution < -0.4 is 14.7 Å². The fourth-order valence-electron chi connectivity index (χ4n) is 0. The van der Waals surface area contributed by atoms with Crippen LogP contribution in [0.5, 0.6) is 0 Å². The Morgan fingerprint density at radius 1 is 1.00 bits per heavy atom. The van der Waals surface area contributed by atoms with E-state index < -0.39 is 7.82 Å². The third-order valence-corrected chi connectivity index (χ3v) is 0. The van der Waals surface area contributed by atoms with Gasteiger partial charge in [-0.2, -0.15) is 7.82 Å². The van der Waals surface area contributed by atoms with Crippen molar-refractivity contribution in [2.45, 2.75) is 0 Å². The second-order valence-electron chi connectivity index (χ2n) is 0.447. The molecule has 0 aromatic carbocycles. The smallest absolute Gasteiger partial charge is 0.822 e. The number of hydrogen-bond donors (Lipinski definition) is 0. The van der Waals surface area contributed by atoms with Gasteiger partial charge in [-0.05, 0) is 0 Å². The molecule has 0 aliphatic heterocycles. The largest absolute Gasteiger partial charge is 3.00 e. The Morgan fingerprint density at radius 3 is 1.00 bits per heavy atom. The van der Waals surface area contributed by atoms with Gasteiger partial charge in [0.25, 0.3) is 0 Å². The van der Waals surface area contributed by atoms with Gasteiger partial charge in [0.15, 0.2) is 0 Å². The molecule has 0 atom stereocenters. The first-order valence-electron chi connectivity index (χ1n) is 0.730. The molecule has 8 heavy (non-hydrogen) atoms. The van der Waals surface area contributed by atoms with Gasteiger partial charge in [-0.3, -0.25) is 0 Å². The minimum Gasteiger partial charge on any atom is -0.822 e. The van der Waals surface area contributed by atoms with Crippen molar-refractivity contribution < 1.29 is 62.9 Å². The summed E-state index contributed by atoms with van der Waals surface area (Å²) in [4.78, 5) is 25.6. The van der Waals surface area contributed by atoms with Crippen LogP contribution in [-0.4, -0.2) is 11.0 Å². The summed E-state index contributed by atoms with van der Waals surface area (Å²) in [6.07, 6.45) is 0. The van der Waals surface area contributed by atoms with E-state index in [1.54, 1.807) is 0 Å². The summed E-state index contributed by atoms with van der Waals surface area (Å²) in [5.41, 5.74) is 0. The van der Waals surface area contributed by atoms with E-state index in [1.807, 2.05) is 0 Å². The first kappa shape index (κ1) is 22.9. The summed E-state index contributed by atoms with van der Waals surface area (Å²) in [5, 5.41) is 0. The SMILES string of the molecule is O.O.O=P([O-])([O-])[O-].[Y+3]. The van der Waals surface area contributed by atoms with Crippen molar-refractivity contribution in [1.82, 2.24) is 0 Å². The number of phosphoric acid groups is 1. The van der Waals surface area contributed by atoms with E-state index in [4.69, 9.17) is 19.2 Å². The topological polar surface area (TPSA) is 149 Å². The fourth-order valence-corrected chi connectivity index (χ4v) is 0. The average molecular weight is 220 g/mol. The summed E-state index contributed by atoms with van der Waals surface area (Å²) in [6.45, 7) is 0. The van der Waals surface area contributed by atoms with E-state index in [1.165, 1.54) is 0 Å². The second-order valence-corrected chi connectivity index (χ2v) is 1.34. The first-order chi connectivity index (χ1) is 2.00. The quantitative estimate of drug-likeness (QED) is 0.378. The van der Waals surface area contributed by atoms with E-state index in [2.05, 4.69) is 0 Å². The average Bonchev–Trinajstić information content (AvgIpc) is 0.722. The number of rotatable bonds is 0. The summed E-state index contributed by atoms with van der Waals surface area (Å²) >= 11 is 0. The van der Waals surface area contributed by atoms with E-state index >= 15 is 0 Å². The maximum atomic E-state index is 8.55. The summed E-state index contributed by atoms with van der Waals surface area (Å²) < 4.78 is 8.55. The zero-order chi connectivity index (χ0) is 4.50. The molecule has 0 aromatic rings. The van der Waals surface area contributed by atoms with Gasteiger partial charge < -0.3 is 30.2 Å². The summed E-state index contributed by atoms with van der Waals surface area (Å²) in [6, 6.07) is 0. The molecule has 48 valence electrons.